The highest BCUT2D eigenvalue weighted by atomic mass is 16.5. The molecule has 0 heterocycles. The summed E-state index contributed by atoms with van der Waals surface area (Å²) in [7, 11) is 0. The van der Waals surface area contributed by atoms with E-state index in [2.05, 4.69) is 36.5 Å². The molecule has 1 atom stereocenters. The standard InChI is InChI=1S/C20H25NO2/c1-3-19(23-18-12-5-4-6-13-18)20(22)21-14-8-11-17-10-7-9-16(2)15-17/h4-7,9-10,12-13,15,19H,3,8,11,14H2,1-2H3,(H,21,22)/t19-/m1/s1. The van der Waals surface area contributed by atoms with Crippen LogP contribution in [0, 0.1) is 6.92 Å². The van der Waals surface area contributed by atoms with E-state index >= 15 is 0 Å². The van der Waals surface area contributed by atoms with Crippen molar-refractivity contribution in [1.82, 2.24) is 5.32 Å². The van der Waals surface area contributed by atoms with Crippen LogP contribution in [0.25, 0.3) is 0 Å². The molecule has 2 rings (SSSR count). The van der Waals surface area contributed by atoms with Gasteiger partial charge in [-0.15, -0.1) is 0 Å². The molecule has 3 nitrogen and oxygen atoms in total. The van der Waals surface area contributed by atoms with Gasteiger partial charge in [0.2, 0.25) is 0 Å². The second-order valence-corrected chi connectivity index (χ2v) is 5.71. The van der Waals surface area contributed by atoms with E-state index in [4.69, 9.17) is 4.74 Å². The zero-order valence-electron chi connectivity index (χ0n) is 13.9. The summed E-state index contributed by atoms with van der Waals surface area (Å²) in [4.78, 5) is 12.2. The first kappa shape index (κ1) is 17.1. The summed E-state index contributed by atoms with van der Waals surface area (Å²) in [5, 5.41) is 2.97. The maximum atomic E-state index is 12.2. The van der Waals surface area contributed by atoms with Gasteiger partial charge in [0.05, 0.1) is 0 Å². The normalized spacial score (nSPS) is 11.7. The number of para-hydroxylation sites is 1. The van der Waals surface area contributed by atoms with Gasteiger partial charge in [0.25, 0.3) is 5.91 Å². The molecule has 0 radical (unpaired) electrons. The summed E-state index contributed by atoms with van der Waals surface area (Å²) in [6.07, 6.45) is 2.12. The van der Waals surface area contributed by atoms with Crippen molar-refractivity contribution in [1.29, 1.82) is 0 Å². The molecule has 2 aromatic carbocycles. The van der Waals surface area contributed by atoms with Crippen LogP contribution in [-0.4, -0.2) is 18.6 Å². The van der Waals surface area contributed by atoms with Crippen LogP contribution in [0.4, 0.5) is 0 Å². The molecule has 0 aromatic heterocycles. The topological polar surface area (TPSA) is 38.3 Å². The largest absolute Gasteiger partial charge is 0.481 e. The molecule has 0 aliphatic rings. The summed E-state index contributed by atoms with van der Waals surface area (Å²) in [5.74, 6) is 0.690. The SMILES string of the molecule is CC[C@@H](Oc1ccccc1)C(=O)NCCCc1cccc(C)c1. The number of amides is 1. The number of aryl methyl sites for hydroxylation is 2. The van der Waals surface area contributed by atoms with E-state index in [1.807, 2.05) is 37.3 Å². The molecule has 122 valence electrons. The molecule has 0 saturated heterocycles. The lowest BCUT2D eigenvalue weighted by Crippen LogP contribution is -2.38. The Hall–Kier alpha value is -2.29. The van der Waals surface area contributed by atoms with Crippen molar-refractivity contribution >= 4 is 5.91 Å². The fourth-order valence-electron chi connectivity index (χ4n) is 2.47. The lowest BCUT2D eigenvalue weighted by atomic mass is 10.1. The van der Waals surface area contributed by atoms with Gasteiger partial charge in [-0.1, -0.05) is 55.0 Å². The van der Waals surface area contributed by atoms with Crippen LogP contribution in [0.5, 0.6) is 5.75 Å². The Bertz CT molecular complexity index is 610. The van der Waals surface area contributed by atoms with Gasteiger partial charge in [-0.25, -0.2) is 0 Å². The highest BCUT2D eigenvalue weighted by molar-refractivity contribution is 5.81. The number of carbonyl (C=O) groups excluding carboxylic acids is 1. The predicted molar refractivity (Wildman–Crippen MR) is 93.7 cm³/mol. The van der Waals surface area contributed by atoms with Gasteiger partial charge < -0.3 is 10.1 Å². The van der Waals surface area contributed by atoms with Crippen molar-refractivity contribution < 1.29 is 9.53 Å². The quantitative estimate of drug-likeness (QED) is 0.751. The first-order chi connectivity index (χ1) is 11.2. The van der Waals surface area contributed by atoms with Gasteiger partial charge in [-0.2, -0.15) is 0 Å². The first-order valence-corrected chi connectivity index (χ1v) is 8.24. The summed E-state index contributed by atoms with van der Waals surface area (Å²) in [6.45, 7) is 4.72. The molecule has 0 fully saturated rings. The highest BCUT2D eigenvalue weighted by Crippen LogP contribution is 2.12. The van der Waals surface area contributed by atoms with Crippen molar-refractivity contribution in [2.45, 2.75) is 39.2 Å². The number of hydrogen-bond donors (Lipinski definition) is 1. The number of nitrogens with one attached hydrogen (secondary N) is 1. The van der Waals surface area contributed by atoms with E-state index in [0.717, 1.165) is 18.6 Å². The van der Waals surface area contributed by atoms with Crippen LogP contribution in [0.15, 0.2) is 54.6 Å². The summed E-state index contributed by atoms with van der Waals surface area (Å²) in [6, 6.07) is 18.0. The predicted octanol–water partition coefficient (Wildman–Crippen LogP) is 3.90. The maximum Gasteiger partial charge on any atom is 0.261 e. The fraction of sp³-hybridized carbons (Fsp3) is 0.350. The van der Waals surface area contributed by atoms with E-state index in [1.54, 1.807) is 0 Å². The Kier molecular flexibility index (Phi) is 6.67. The van der Waals surface area contributed by atoms with Crippen LogP contribution >= 0.6 is 0 Å². The molecule has 0 spiro atoms. The first-order valence-electron chi connectivity index (χ1n) is 8.24. The Morgan fingerprint density at radius 3 is 2.61 bits per heavy atom. The van der Waals surface area contributed by atoms with E-state index < -0.39 is 6.10 Å². The maximum absolute atomic E-state index is 12.2. The number of rotatable bonds is 8. The van der Waals surface area contributed by atoms with Crippen molar-refractivity contribution in [3.05, 3.63) is 65.7 Å². The molecule has 0 saturated carbocycles. The van der Waals surface area contributed by atoms with Gasteiger partial charge in [-0.05, 0) is 43.9 Å². The van der Waals surface area contributed by atoms with Crippen LogP contribution in [0.3, 0.4) is 0 Å². The molecule has 0 aliphatic carbocycles. The molecule has 0 unspecified atom stereocenters. The summed E-state index contributed by atoms with van der Waals surface area (Å²) >= 11 is 0. The van der Waals surface area contributed by atoms with Crippen LogP contribution in [0.2, 0.25) is 0 Å². The van der Waals surface area contributed by atoms with Gasteiger partial charge in [0.15, 0.2) is 6.10 Å². The second kappa shape index (κ2) is 8.99. The third-order valence-corrected chi connectivity index (χ3v) is 3.71. The molecule has 0 aliphatic heterocycles. The molecular weight excluding hydrogens is 286 g/mol. The van der Waals surface area contributed by atoms with Crippen molar-refractivity contribution in [3.63, 3.8) is 0 Å². The van der Waals surface area contributed by atoms with Gasteiger partial charge in [0, 0.05) is 6.54 Å². The number of carbonyl (C=O) groups is 1. The van der Waals surface area contributed by atoms with E-state index in [9.17, 15) is 4.79 Å². The minimum Gasteiger partial charge on any atom is -0.481 e. The van der Waals surface area contributed by atoms with Crippen LogP contribution < -0.4 is 10.1 Å². The molecule has 3 heteroatoms. The molecule has 23 heavy (non-hydrogen) atoms. The van der Waals surface area contributed by atoms with Gasteiger partial charge in [-0.3, -0.25) is 4.79 Å². The minimum atomic E-state index is -0.434. The van der Waals surface area contributed by atoms with E-state index in [1.165, 1.54) is 11.1 Å². The van der Waals surface area contributed by atoms with E-state index in [-0.39, 0.29) is 5.91 Å². The molecular formula is C20H25NO2. The molecule has 2 aromatic rings. The highest BCUT2D eigenvalue weighted by Gasteiger charge is 2.17. The molecule has 1 amide bonds. The smallest absolute Gasteiger partial charge is 0.261 e. The third kappa shape index (κ3) is 5.78. The Morgan fingerprint density at radius 2 is 1.91 bits per heavy atom. The van der Waals surface area contributed by atoms with Gasteiger partial charge in [0.1, 0.15) is 5.75 Å². The lowest BCUT2D eigenvalue weighted by molar-refractivity contribution is -0.128. The average molecular weight is 311 g/mol. The van der Waals surface area contributed by atoms with Gasteiger partial charge >= 0.3 is 0 Å². The second-order valence-electron chi connectivity index (χ2n) is 5.71. The van der Waals surface area contributed by atoms with Crippen molar-refractivity contribution in [2.24, 2.45) is 0 Å². The number of benzene rings is 2. The van der Waals surface area contributed by atoms with Crippen molar-refractivity contribution in [3.8, 4) is 5.75 Å². The summed E-state index contributed by atoms with van der Waals surface area (Å²) < 4.78 is 5.74. The van der Waals surface area contributed by atoms with Crippen LogP contribution in [0.1, 0.15) is 30.9 Å². The summed E-state index contributed by atoms with van der Waals surface area (Å²) in [5.41, 5.74) is 2.58. The zero-order valence-corrected chi connectivity index (χ0v) is 13.9. The third-order valence-electron chi connectivity index (χ3n) is 3.71. The zero-order chi connectivity index (χ0) is 16.5. The molecule has 1 N–H and O–H groups in total. The average Bonchev–Trinajstić information content (AvgIpc) is 2.57. The Balaban J connectivity index is 1.74. The number of hydrogen-bond acceptors (Lipinski definition) is 2. The lowest BCUT2D eigenvalue weighted by Gasteiger charge is -2.17. The monoisotopic (exact) mass is 311 g/mol. The van der Waals surface area contributed by atoms with Crippen molar-refractivity contribution in [2.75, 3.05) is 6.54 Å². The molecule has 0 bridgehead atoms. The minimum absolute atomic E-state index is 0.0411. The Morgan fingerprint density at radius 1 is 1.13 bits per heavy atom. The fourth-order valence-corrected chi connectivity index (χ4v) is 2.47. The van der Waals surface area contributed by atoms with E-state index in [0.29, 0.717) is 13.0 Å². The Labute approximate surface area is 138 Å². The van der Waals surface area contributed by atoms with Crippen LogP contribution in [-0.2, 0) is 11.2 Å². The number of ether oxygens (including phenoxy) is 1.